The van der Waals surface area contributed by atoms with Gasteiger partial charge in [-0.05, 0) is 6.04 Å². The van der Waals surface area contributed by atoms with Gasteiger partial charge in [0, 0.05) is 6.42 Å². The summed E-state index contributed by atoms with van der Waals surface area (Å²) in [5.41, 5.74) is 0. The largest absolute Gasteiger partial charge is 1.00 e. The van der Waals surface area contributed by atoms with E-state index in [-0.39, 0.29) is 29.6 Å². The zero-order chi connectivity index (χ0) is 7.49. The molecule has 0 unspecified atom stereocenters. The average molecular weight is 174 g/mol. The number of carboxylic acids is 1. The third kappa shape index (κ3) is 11.4. The fourth-order valence-corrected chi connectivity index (χ4v) is 0.809. The van der Waals surface area contributed by atoms with Crippen molar-refractivity contribution in [2.24, 2.45) is 0 Å². The van der Waals surface area contributed by atoms with E-state index in [0.29, 0.717) is 0 Å². The summed E-state index contributed by atoms with van der Waals surface area (Å²) in [6.45, 7) is 0. The molecule has 10 heavy (non-hydrogen) atoms. The normalized spacial score (nSPS) is 10.3. The van der Waals surface area contributed by atoms with Gasteiger partial charge in [-0.25, -0.2) is 0 Å². The second-order valence-electron chi connectivity index (χ2n) is 1.64. The van der Waals surface area contributed by atoms with Gasteiger partial charge in [0.2, 0.25) is 8.80 Å². The molecular formula is C3H7NaO5Si. The van der Waals surface area contributed by atoms with Crippen LogP contribution >= 0.6 is 0 Å². The first-order chi connectivity index (χ1) is 3.92. The number of hydrogen-bond acceptors (Lipinski definition) is 4. The van der Waals surface area contributed by atoms with Crippen molar-refractivity contribution in [3.63, 3.8) is 0 Å². The molecule has 0 saturated carbocycles. The molecule has 0 spiro atoms. The maximum Gasteiger partial charge on any atom is 1.00 e. The molecule has 0 aromatic rings. The van der Waals surface area contributed by atoms with Gasteiger partial charge in [0.15, 0.2) is 0 Å². The van der Waals surface area contributed by atoms with Crippen LogP contribution in [0.25, 0.3) is 0 Å². The minimum absolute atomic E-state index is 0. The van der Waals surface area contributed by atoms with Crippen LogP contribution in [0.1, 0.15) is 6.42 Å². The fourth-order valence-electron chi connectivity index (χ4n) is 0.270. The minimum Gasteiger partial charge on any atom is -0.817 e. The molecule has 0 aliphatic heterocycles. The van der Waals surface area contributed by atoms with Gasteiger partial charge >= 0.3 is 35.5 Å². The van der Waals surface area contributed by atoms with E-state index in [1.54, 1.807) is 0 Å². The molecule has 0 radical (unpaired) electrons. The average Bonchev–Trinajstić information content (AvgIpc) is 1.59. The Balaban J connectivity index is 0. The summed E-state index contributed by atoms with van der Waals surface area (Å²) in [4.78, 5) is 36.0. The molecule has 3 N–H and O–H groups in total. The van der Waals surface area contributed by atoms with Crippen molar-refractivity contribution in [3.8, 4) is 0 Å². The number of aliphatic carboxylic acids is 1. The van der Waals surface area contributed by atoms with Crippen LogP contribution in [0.2, 0.25) is 6.04 Å². The summed E-state index contributed by atoms with van der Waals surface area (Å²) in [6, 6.07) is -0.553. The summed E-state index contributed by atoms with van der Waals surface area (Å²) in [5.74, 6) is -1.19. The van der Waals surface area contributed by atoms with Crippen LogP contribution in [-0.2, 0) is 4.79 Å². The number of carbonyl (C=O) groups is 1. The Morgan fingerprint density at radius 2 is 1.90 bits per heavy atom. The summed E-state index contributed by atoms with van der Waals surface area (Å²) >= 11 is 0. The van der Waals surface area contributed by atoms with Crippen LogP contribution in [0.3, 0.4) is 0 Å². The molecule has 5 nitrogen and oxygen atoms in total. The second-order valence-corrected chi connectivity index (χ2v) is 3.62. The zero-order valence-electron chi connectivity index (χ0n) is 5.57. The summed E-state index contributed by atoms with van der Waals surface area (Å²) in [7, 11) is -4.35. The Hall–Kier alpha value is 0.567. The van der Waals surface area contributed by atoms with Crippen molar-refractivity contribution >= 4 is 14.8 Å². The Labute approximate surface area is 81.0 Å². The maximum absolute atomic E-state index is 9.99. The van der Waals surface area contributed by atoms with E-state index in [1.807, 2.05) is 0 Å². The molecule has 0 amide bonds. The van der Waals surface area contributed by atoms with E-state index in [0.717, 1.165) is 0 Å². The van der Waals surface area contributed by atoms with Crippen LogP contribution in [0.4, 0.5) is 0 Å². The van der Waals surface area contributed by atoms with Gasteiger partial charge in [-0.3, -0.25) is 4.79 Å². The Morgan fingerprint density at radius 1 is 1.50 bits per heavy atom. The van der Waals surface area contributed by atoms with Crippen LogP contribution < -0.4 is 34.4 Å². The van der Waals surface area contributed by atoms with Crippen molar-refractivity contribution < 1.29 is 53.8 Å². The fraction of sp³-hybridized carbons (Fsp3) is 0.667. The molecule has 0 rings (SSSR count). The second kappa shape index (κ2) is 5.25. The zero-order valence-corrected chi connectivity index (χ0v) is 8.57. The third-order valence-electron chi connectivity index (χ3n) is 0.665. The van der Waals surface area contributed by atoms with Crippen molar-refractivity contribution in [3.05, 3.63) is 0 Å². The van der Waals surface area contributed by atoms with Gasteiger partial charge < -0.3 is 19.5 Å². The van der Waals surface area contributed by atoms with Gasteiger partial charge in [0.25, 0.3) is 0 Å². The quantitative estimate of drug-likeness (QED) is 0.371. The van der Waals surface area contributed by atoms with Crippen molar-refractivity contribution in [2.75, 3.05) is 0 Å². The third-order valence-corrected chi connectivity index (χ3v) is 1.57. The molecule has 54 valence electrons. The van der Waals surface area contributed by atoms with Gasteiger partial charge in [-0.1, -0.05) is 0 Å². The van der Waals surface area contributed by atoms with E-state index < -0.39 is 27.2 Å². The molecule has 0 aromatic carbocycles. The van der Waals surface area contributed by atoms with E-state index in [1.165, 1.54) is 0 Å². The Bertz CT molecular complexity index is 110. The minimum atomic E-state index is -4.35. The van der Waals surface area contributed by atoms with Crippen LogP contribution in [0.5, 0.6) is 0 Å². The van der Waals surface area contributed by atoms with Crippen LogP contribution in [0.15, 0.2) is 0 Å². The molecular weight excluding hydrogens is 167 g/mol. The molecule has 0 aliphatic carbocycles. The smallest absolute Gasteiger partial charge is 0.817 e. The van der Waals surface area contributed by atoms with E-state index in [4.69, 9.17) is 14.7 Å². The summed E-state index contributed by atoms with van der Waals surface area (Å²) < 4.78 is 0. The standard InChI is InChI=1S/C3H7O5Si.Na/c4-3(5)1-2-9(6,7)8;/h6-7H,1-2H2,(H,4,5);/q-1;+1. The topological polar surface area (TPSA) is 101 Å². The molecule has 0 heterocycles. The van der Waals surface area contributed by atoms with E-state index in [2.05, 4.69) is 0 Å². The molecule has 7 heteroatoms. The first kappa shape index (κ1) is 13.2. The summed E-state index contributed by atoms with van der Waals surface area (Å²) in [6.07, 6.45) is -0.470. The van der Waals surface area contributed by atoms with Gasteiger partial charge in [0.1, 0.15) is 0 Å². The Kier molecular flexibility index (Phi) is 6.92. The Morgan fingerprint density at radius 3 is 2.00 bits per heavy atom. The van der Waals surface area contributed by atoms with Gasteiger partial charge in [0.05, 0.1) is 0 Å². The predicted molar refractivity (Wildman–Crippen MR) is 27.3 cm³/mol. The summed E-state index contributed by atoms with van der Waals surface area (Å²) in [5, 5.41) is 7.94. The van der Waals surface area contributed by atoms with Crippen LogP contribution in [0, 0.1) is 0 Å². The van der Waals surface area contributed by atoms with E-state index >= 15 is 0 Å². The number of rotatable bonds is 3. The van der Waals surface area contributed by atoms with Gasteiger partial charge in [-0.15, -0.1) is 0 Å². The first-order valence-electron chi connectivity index (χ1n) is 2.29. The number of hydrogen-bond donors (Lipinski definition) is 3. The van der Waals surface area contributed by atoms with Crippen LogP contribution in [-0.4, -0.2) is 29.5 Å². The maximum atomic E-state index is 9.99. The van der Waals surface area contributed by atoms with Gasteiger partial charge in [-0.2, -0.15) is 0 Å². The molecule has 0 aliphatic rings. The molecule has 0 aromatic heterocycles. The van der Waals surface area contributed by atoms with Crippen molar-refractivity contribution in [1.82, 2.24) is 0 Å². The monoisotopic (exact) mass is 174 g/mol. The molecule has 0 saturated heterocycles. The molecule has 0 atom stereocenters. The predicted octanol–water partition coefficient (Wildman–Crippen LogP) is -5.25. The SMILES string of the molecule is O=C(O)CC[Si]([O-])(O)O.[Na+]. The molecule has 0 fully saturated rings. The van der Waals surface area contributed by atoms with Crippen molar-refractivity contribution in [2.45, 2.75) is 12.5 Å². The number of carboxylic acid groups (broad SMARTS) is 1. The van der Waals surface area contributed by atoms with Crippen molar-refractivity contribution in [1.29, 1.82) is 0 Å². The molecule has 0 bridgehead atoms. The first-order valence-corrected chi connectivity index (χ1v) is 4.30. The van der Waals surface area contributed by atoms with E-state index in [9.17, 15) is 9.59 Å².